The molecule has 2 rings (SSSR count). The monoisotopic (exact) mass is 279 g/mol. The Bertz CT molecular complexity index is 459. The number of hydrogen-bond donors (Lipinski definition) is 2. The van der Waals surface area contributed by atoms with E-state index in [0.717, 1.165) is 18.6 Å². The molecule has 2 unspecified atom stereocenters. The van der Waals surface area contributed by atoms with Crippen molar-refractivity contribution in [3.05, 3.63) is 24.3 Å². The second-order valence-corrected chi connectivity index (χ2v) is 5.20. The fraction of sp³-hybridized carbons (Fsp3) is 0.533. The Hall–Kier alpha value is -1.75. The van der Waals surface area contributed by atoms with Gasteiger partial charge >= 0.3 is 5.97 Å². The van der Waals surface area contributed by atoms with E-state index < -0.39 is 11.5 Å². The second-order valence-electron chi connectivity index (χ2n) is 5.20. The van der Waals surface area contributed by atoms with Gasteiger partial charge in [-0.3, -0.25) is 4.79 Å². The summed E-state index contributed by atoms with van der Waals surface area (Å²) in [6.07, 6.45) is 2.30. The van der Waals surface area contributed by atoms with Gasteiger partial charge in [-0.2, -0.15) is 0 Å². The first-order valence-electron chi connectivity index (χ1n) is 6.95. The Morgan fingerprint density at radius 3 is 2.65 bits per heavy atom. The Morgan fingerprint density at radius 2 is 2.05 bits per heavy atom. The summed E-state index contributed by atoms with van der Waals surface area (Å²) in [7, 11) is 0. The molecule has 1 aliphatic rings. The van der Waals surface area contributed by atoms with Crippen LogP contribution in [0.25, 0.3) is 0 Å². The van der Waals surface area contributed by atoms with E-state index >= 15 is 0 Å². The second kappa shape index (κ2) is 6.13. The van der Waals surface area contributed by atoms with Crippen LogP contribution in [0.3, 0.4) is 0 Å². The van der Waals surface area contributed by atoms with Gasteiger partial charge < -0.3 is 20.3 Å². The maximum Gasteiger partial charge on any atom is 0.323 e. The molecule has 0 heterocycles. The molecule has 5 nitrogen and oxygen atoms in total. The molecule has 110 valence electrons. The van der Waals surface area contributed by atoms with Gasteiger partial charge in [0.05, 0.1) is 6.61 Å². The molecule has 1 aromatic carbocycles. The summed E-state index contributed by atoms with van der Waals surface area (Å²) in [6.45, 7) is 2.55. The van der Waals surface area contributed by atoms with Gasteiger partial charge in [0.25, 0.3) is 0 Å². The number of rotatable bonds is 5. The summed E-state index contributed by atoms with van der Waals surface area (Å²) in [4.78, 5) is 11.2. The van der Waals surface area contributed by atoms with Crippen LogP contribution in [0.2, 0.25) is 0 Å². The lowest BCUT2D eigenvalue weighted by atomic mass is 9.81. The van der Waals surface area contributed by atoms with E-state index in [9.17, 15) is 9.90 Å². The number of nitrogens with two attached hydrogens (primary N) is 1. The van der Waals surface area contributed by atoms with Crippen molar-refractivity contribution in [2.45, 2.75) is 44.2 Å². The fourth-order valence-electron chi connectivity index (χ4n) is 2.52. The molecule has 3 N–H and O–H groups in total. The third-order valence-corrected chi connectivity index (χ3v) is 3.60. The number of hydrogen-bond acceptors (Lipinski definition) is 4. The number of benzene rings is 1. The molecule has 1 aliphatic carbocycles. The number of aliphatic carboxylic acids is 1. The van der Waals surface area contributed by atoms with E-state index in [1.807, 2.05) is 31.2 Å². The summed E-state index contributed by atoms with van der Waals surface area (Å²) in [5, 5.41) is 9.18. The van der Waals surface area contributed by atoms with Crippen molar-refractivity contribution in [2.24, 2.45) is 5.73 Å². The van der Waals surface area contributed by atoms with E-state index in [2.05, 4.69) is 0 Å². The molecule has 1 saturated carbocycles. The van der Waals surface area contributed by atoms with Crippen LogP contribution in [-0.4, -0.2) is 29.3 Å². The summed E-state index contributed by atoms with van der Waals surface area (Å²) >= 11 is 0. The Balaban J connectivity index is 1.97. The molecule has 5 heteroatoms. The molecular weight excluding hydrogens is 258 g/mol. The Kier molecular flexibility index (Phi) is 4.49. The highest BCUT2D eigenvalue weighted by atomic mass is 16.5. The first kappa shape index (κ1) is 14.7. The molecule has 0 bridgehead atoms. The standard InChI is InChI=1S/C15H21NO4/c1-2-19-11-5-7-12(8-6-11)20-13-4-3-9-15(16,10-13)14(17)18/h5-8,13H,2-4,9-10,16H2,1H3,(H,17,18). The molecule has 0 radical (unpaired) electrons. The predicted octanol–water partition coefficient (Wildman–Crippen LogP) is 2.19. The number of carboxylic acids is 1. The SMILES string of the molecule is CCOc1ccc(OC2CCCC(N)(C(=O)O)C2)cc1. The highest BCUT2D eigenvalue weighted by molar-refractivity contribution is 5.78. The van der Waals surface area contributed by atoms with Gasteiger partial charge in [-0.25, -0.2) is 0 Å². The van der Waals surface area contributed by atoms with E-state index in [0.29, 0.717) is 25.2 Å². The molecule has 20 heavy (non-hydrogen) atoms. The van der Waals surface area contributed by atoms with Gasteiger partial charge in [0.2, 0.25) is 0 Å². The van der Waals surface area contributed by atoms with Crippen LogP contribution in [0, 0.1) is 0 Å². The zero-order valence-electron chi connectivity index (χ0n) is 11.7. The van der Waals surface area contributed by atoms with Crippen molar-refractivity contribution in [3.8, 4) is 11.5 Å². The van der Waals surface area contributed by atoms with E-state index in [1.165, 1.54) is 0 Å². The average Bonchev–Trinajstić information content (AvgIpc) is 2.41. The van der Waals surface area contributed by atoms with Crippen LogP contribution in [0.15, 0.2) is 24.3 Å². The lowest BCUT2D eigenvalue weighted by molar-refractivity contribution is -0.145. The summed E-state index contributed by atoms with van der Waals surface area (Å²) in [5.41, 5.74) is 4.75. The Morgan fingerprint density at radius 1 is 1.40 bits per heavy atom. The minimum absolute atomic E-state index is 0.150. The van der Waals surface area contributed by atoms with Crippen LogP contribution in [0.1, 0.15) is 32.6 Å². The lowest BCUT2D eigenvalue weighted by Crippen LogP contribution is -2.53. The van der Waals surface area contributed by atoms with Crippen LogP contribution in [0.5, 0.6) is 11.5 Å². The van der Waals surface area contributed by atoms with Crippen molar-refractivity contribution in [2.75, 3.05) is 6.61 Å². The van der Waals surface area contributed by atoms with Crippen LogP contribution in [-0.2, 0) is 4.79 Å². The van der Waals surface area contributed by atoms with Crippen molar-refractivity contribution in [3.63, 3.8) is 0 Å². The van der Waals surface area contributed by atoms with Crippen molar-refractivity contribution < 1.29 is 19.4 Å². The minimum atomic E-state index is -1.16. The Labute approximate surface area is 118 Å². The van der Waals surface area contributed by atoms with Crippen molar-refractivity contribution in [1.29, 1.82) is 0 Å². The highest BCUT2D eigenvalue weighted by Gasteiger charge is 2.40. The van der Waals surface area contributed by atoms with Crippen LogP contribution < -0.4 is 15.2 Å². The van der Waals surface area contributed by atoms with Gasteiger partial charge in [0.1, 0.15) is 23.1 Å². The normalized spacial score (nSPS) is 26.0. The highest BCUT2D eigenvalue weighted by Crippen LogP contribution is 2.30. The average molecular weight is 279 g/mol. The van der Waals surface area contributed by atoms with Gasteiger partial charge in [-0.05, 0) is 50.5 Å². The van der Waals surface area contributed by atoms with Gasteiger partial charge in [0, 0.05) is 6.42 Å². The van der Waals surface area contributed by atoms with Gasteiger partial charge in [-0.15, -0.1) is 0 Å². The largest absolute Gasteiger partial charge is 0.494 e. The first-order chi connectivity index (χ1) is 9.53. The number of ether oxygens (including phenoxy) is 2. The number of carbonyl (C=O) groups is 1. The summed E-state index contributed by atoms with van der Waals surface area (Å²) in [6, 6.07) is 7.35. The molecule has 0 saturated heterocycles. The number of carboxylic acid groups (broad SMARTS) is 1. The lowest BCUT2D eigenvalue weighted by Gasteiger charge is -2.34. The third-order valence-electron chi connectivity index (χ3n) is 3.60. The van der Waals surface area contributed by atoms with Gasteiger partial charge in [0.15, 0.2) is 0 Å². The van der Waals surface area contributed by atoms with E-state index in [4.69, 9.17) is 15.2 Å². The molecule has 1 fully saturated rings. The van der Waals surface area contributed by atoms with E-state index in [-0.39, 0.29) is 6.10 Å². The molecular formula is C15H21NO4. The van der Waals surface area contributed by atoms with E-state index in [1.54, 1.807) is 0 Å². The maximum absolute atomic E-state index is 11.2. The van der Waals surface area contributed by atoms with Crippen LogP contribution in [0.4, 0.5) is 0 Å². The quantitative estimate of drug-likeness (QED) is 0.863. The molecule has 0 aliphatic heterocycles. The fourth-order valence-corrected chi connectivity index (χ4v) is 2.52. The molecule has 1 aromatic rings. The third kappa shape index (κ3) is 3.42. The topological polar surface area (TPSA) is 81.8 Å². The van der Waals surface area contributed by atoms with Crippen LogP contribution >= 0.6 is 0 Å². The van der Waals surface area contributed by atoms with Crippen molar-refractivity contribution in [1.82, 2.24) is 0 Å². The summed E-state index contributed by atoms with van der Waals surface area (Å²) in [5.74, 6) is 0.563. The zero-order valence-corrected chi connectivity index (χ0v) is 11.7. The minimum Gasteiger partial charge on any atom is -0.494 e. The smallest absolute Gasteiger partial charge is 0.323 e. The molecule has 0 spiro atoms. The van der Waals surface area contributed by atoms with Crippen molar-refractivity contribution >= 4 is 5.97 Å². The molecule has 2 atom stereocenters. The zero-order chi connectivity index (χ0) is 14.6. The molecule has 0 aromatic heterocycles. The van der Waals surface area contributed by atoms with Gasteiger partial charge in [-0.1, -0.05) is 0 Å². The predicted molar refractivity (Wildman–Crippen MR) is 75.0 cm³/mol. The first-order valence-corrected chi connectivity index (χ1v) is 6.95. The molecule has 0 amide bonds. The summed E-state index contributed by atoms with van der Waals surface area (Å²) < 4.78 is 11.2. The maximum atomic E-state index is 11.2.